The van der Waals surface area contributed by atoms with E-state index in [0.29, 0.717) is 22.7 Å². The van der Waals surface area contributed by atoms with Crippen LogP contribution in [-0.2, 0) is 6.18 Å². The number of halogens is 4. The van der Waals surface area contributed by atoms with Gasteiger partial charge in [0.15, 0.2) is 5.82 Å². The summed E-state index contributed by atoms with van der Waals surface area (Å²) in [4.78, 5) is 16.2. The van der Waals surface area contributed by atoms with Crippen LogP contribution in [0.5, 0.6) is 0 Å². The Kier molecular flexibility index (Phi) is 5.68. The van der Waals surface area contributed by atoms with Crippen molar-refractivity contribution < 1.29 is 27.8 Å². The van der Waals surface area contributed by atoms with Crippen LogP contribution in [0.1, 0.15) is 17.2 Å². The predicted molar refractivity (Wildman–Crippen MR) is 107 cm³/mol. The van der Waals surface area contributed by atoms with Crippen molar-refractivity contribution in [2.75, 3.05) is 11.9 Å². The number of aromatic nitrogens is 4. The third-order valence-electron chi connectivity index (χ3n) is 4.63. The molecular weight excluding hydrogens is 430 g/mol. The van der Waals surface area contributed by atoms with Crippen molar-refractivity contribution in [3.8, 4) is 11.3 Å². The lowest BCUT2D eigenvalue weighted by molar-refractivity contribution is -0.137. The molecule has 4 heterocycles. The Morgan fingerprint density at radius 2 is 1.78 bits per heavy atom. The molecule has 0 aliphatic carbocycles. The molecule has 0 aromatic carbocycles. The molecule has 4 aromatic rings. The Bertz CT molecular complexity index is 1270. The SMILES string of the molecule is OC[C@@H](O)c1cnc(-c2cnc3c(Nc4ccc(C(F)(F)F)cn4)nccc3c2)c(F)c1. The van der Waals surface area contributed by atoms with Crippen LogP contribution in [-0.4, -0.2) is 36.8 Å². The van der Waals surface area contributed by atoms with E-state index in [-0.39, 0.29) is 22.9 Å². The lowest BCUT2D eigenvalue weighted by atomic mass is 10.1. The van der Waals surface area contributed by atoms with Crippen LogP contribution < -0.4 is 5.32 Å². The molecule has 164 valence electrons. The van der Waals surface area contributed by atoms with Crippen molar-refractivity contribution in [3.05, 3.63) is 72.1 Å². The summed E-state index contributed by atoms with van der Waals surface area (Å²) in [5.41, 5.74) is 0.0329. The van der Waals surface area contributed by atoms with Gasteiger partial charge in [-0.15, -0.1) is 0 Å². The highest BCUT2D eigenvalue weighted by Gasteiger charge is 2.30. The molecule has 0 fully saturated rings. The topological polar surface area (TPSA) is 104 Å². The van der Waals surface area contributed by atoms with Gasteiger partial charge in [0, 0.05) is 41.3 Å². The standard InChI is InChI=1S/C21H15F4N5O2/c22-15-6-12(16(32)10-31)7-28-18(15)13-5-11-3-4-26-20(19(11)29-8-13)30-17-2-1-14(9-27-17)21(23,24)25/h1-9,16,31-32H,10H2,(H,26,27,30)/t16-/m1/s1. The Balaban J connectivity index is 1.64. The maximum absolute atomic E-state index is 14.5. The zero-order valence-electron chi connectivity index (χ0n) is 16.2. The quantitative estimate of drug-likeness (QED) is 0.399. The second-order valence-electron chi connectivity index (χ2n) is 6.81. The average molecular weight is 445 g/mol. The van der Waals surface area contributed by atoms with E-state index in [1.807, 2.05) is 0 Å². The van der Waals surface area contributed by atoms with Gasteiger partial charge in [-0.1, -0.05) is 0 Å². The zero-order valence-corrected chi connectivity index (χ0v) is 16.2. The highest BCUT2D eigenvalue weighted by atomic mass is 19.4. The number of hydrogen-bond acceptors (Lipinski definition) is 7. The summed E-state index contributed by atoms with van der Waals surface area (Å²) >= 11 is 0. The fraction of sp³-hybridized carbons (Fsp3) is 0.143. The molecule has 11 heteroatoms. The number of aliphatic hydroxyl groups is 2. The molecule has 0 bridgehead atoms. The van der Waals surface area contributed by atoms with Crippen molar-refractivity contribution in [3.63, 3.8) is 0 Å². The number of fused-ring (bicyclic) bond motifs is 1. The van der Waals surface area contributed by atoms with Gasteiger partial charge < -0.3 is 15.5 Å². The van der Waals surface area contributed by atoms with E-state index in [1.54, 1.807) is 12.1 Å². The van der Waals surface area contributed by atoms with Gasteiger partial charge in [-0.2, -0.15) is 13.2 Å². The minimum Gasteiger partial charge on any atom is -0.393 e. The molecule has 0 spiro atoms. The molecule has 0 radical (unpaired) electrons. The molecule has 3 N–H and O–H groups in total. The van der Waals surface area contributed by atoms with Gasteiger partial charge in [-0.25, -0.2) is 14.4 Å². The maximum Gasteiger partial charge on any atom is 0.417 e. The van der Waals surface area contributed by atoms with Gasteiger partial charge in [0.1, 0.15) is 28.9 Å². The smallest absolute Gasteiger partial charge is 0.393 e. The summed E-state index contributed by atoms with van der Waals surface area (Å²) in [5, 5.41) is 22.0. The Labute approximate surface area is 178 Å². The maximum atomic E-state index is 14.5. The van der Waals surface area contributed by atoms with E-state index >= 15 is 0 Å². The number of rotatable bonds is 5. The van der Waals surface area contributed by atoms with Crippen LogP contribution in [0.25, 0.3) is 22.2 Å². The molecular formula is C21H15F4N5O2. The summed E-state index contributed by atoms with van der Waals surface area (Å²) in [5.74, 6) is -0.289. The van der Waals surface area contributed by atoms with Gasteiger partial charge in [0.05, 0.1) is 12.2 Å². The van der Waals surface area contributed by atoms with Gasteiger partial charge in [0.25, 0.3) is 0 Å². The Morgan fingerprint density at radius 3 is 2.44 bits per heavy atom. The van der Waals surface area contributed by atoms with Crippen LogP contribution >= 0.6 is 0 Å². The number of alkyl halides is 3. The third-order valence-corrected chi connectivity index (χ3v) is 4.63. The normalized spacial score (nSPS) is 12.7. The predicted octanol–water partition coefficient (Wildman–Crippen LogP) is 4.01. The minimum atomic E-state index is -4.49. The van der Waals surface area contributed by atoms with Gasteiger partial charge in [-0.3, -0.25) is 9.97 Å². The second-order valence-corrected chi connectivity index (χ2v) is 6.81. The van der Waals surface area contributed by atoms with E-state index in [0.717, 1.165) is 12.1 Å². The third kappa shape index (κ3) is 4.34. The monoisotopic (exact) mass is 445 g/mol. The van der Waals surface area contributed by atoms with E-state index in [4.69, 9.17) is 5.11 Å². The number of hydrogen-bond donors (Lipinski definition) is 3. The first-order chi connectivity index (χ1) is 15.3. The lowest BCUT2D eigenvalue weighted by Crippen LogP contribution is -2.06. The first-order valence-corrected chi connectivity index (χ1v) is 9.26. The summed E-state index contributed by atoms with van der Waals surface area (Å²) < 4.78 is 52.6. The fourth-order valence-corrected chi connectivity index (χ4v) is 2.99. The Morgan fingerprint density at radius 1 is 0.969 bits per heavy atom. The number of nitrogens with zero attached hydrogens (tertiary/aromatic N) is 4. The number of nitrogens with one attached hydrogen (secondary N) is 1. The molecule has 0 amide bonds. The van der Waals surface area contributed by atoms with Gasteiger partial charge in [0.2, 0.25) is 0 Å². The summed E-state index contributed by atoms with van der Waals surface area (Å²) in [6.45, 7) is -0.561. The van der Waals surface area contributed by atoms with E-state index < -0.39 is 30.3 Å². The van der Waals surface area contributed by atoms with Crippen molar-refractivity contribution in [2.24, 2.45) is 0 Å². The van der Waals surface area contributed by atoms with Crippen LogP contribution in [0.3, 0.4) is 0 Å². The van der Waals surface area contributed by atoms with Crippen molar-refractivity contribution in [1.82, 2.24) is 19.9 Å². The number of anilines is 2. The molecule has 7 nitrogen and oxygen atoms in total. The molecule has 0 aliphatic heterocycles. The first kappa shape index (κ1) is 21.5. The zero-order chi connectivity index (χ0) is 22.9. The van der Waals surface area contributed by atoms with Crippen molar-refractivity contribution in [2.45, 2.75) is 12.3 Å². The molecule has 0 aliphatic rings. The summed E-state index contributed by atoms with van der Waals surface area (Å²) in [7, 11) is 0. The van der Waals surface area contributed by atoms with E-state index in [9.17, 15) is 22.7 Å². The molecule has 4 aromatic heterocycles. The first-order valence-electron chi connectivity index (χ1n) is 9.26. The van der Waals surface area contributed by atoms with Crippen LogP contribution in [0.4, 0.5) is 29.2 Å². The highest BCUT2D eigenvalue weighted by molar-refractivity contribution is 5.91. The molecule has 1 atom stereocenters. The largest absolute Gasteiger partial charge is 0.417 e. The highest BCUT2D eigenvalue weighted by Crippen LogP contribution is 2.30. The molecule has 32 heavy (non-hydrogen) atoms. The van der Waals surface area contributed by atoms with Crippen molar-refractivity contribution >= 4 is 22.5 Å². The molecule has 4 rings (SSSR count). The van der Waals surface area contributed by atoms with Crippen LogP contribution in [0.15, 0.2) is 55.1 Å². The molecule has 0 unspecified atom stereocenters. The van der Waals surface area contributed by atoms with E-state index in [2.05, 4.69) is 25.3 Å². The second kappa shape index (κ2) is 8.44. The summed E-state index contributed by atoms with van der Waals surface area (Å²) in [6.07, 6.45) is -0.907. The number of aliphatic hydroxyl groups excluding tert-OH is 2. The summed E-state index contributed by atoms with van der Waals surface area (Å²) in [6, 6.07) is 6.43. The van der Waals surface area contributed by atoms with Crippen LogP contribution in [0.2, 0.25) is 0 Å². The van der Waals surface area contributed by atoms with Crippen LogP contribution in [0, 0.1) is 5.82 Å². The number of pyridine rings is 4. The van der Waals surface area contributed by atoms with Gasteiger partial charge in [-0.05, 0) is 30.3 Å². The average Bonchev–Trinajstić information content (AvgIpc) is 2.78. The Hall–Kier alpha value is -3.70. The van der Waals surface area contributed by atoms with Crippen molar-refractivity contribution in [1.29, 1.82) is 0 Å². The van der Waals surface area contributed by atoms with Gasteiger partial charge >= 0.3 is 6.18 Å². The lowest BCUT2D eigenvalue weighted by Gasteiger charge is -2.11. The fourth-order valence-electron chi connectivity index (χ4n) is 2.99. The van der Waals surface area contributed by atoms with E-state index in [1.165, 1.54) is 24.7 Å². The minimum absolute atomic E-state index is 0.00372. The molecule has 0 saturated heterocycles. The molecule has 0 saturated carbocycles.